The summed E-state index contributed by atoms with van der Waals surface area (Å²) >= 11 is 0. The summed E-state index contributed by atoms with van der Waals surface area (Å²) in [5, 5.41) is 9.25. The van der Waals surface area contributed by atoms with Crippen molar-refractivity contribution in [2.75, 3.05) is 26.2 Å². The Hall–Kier alpha value is -1.95. The molecule has 0 aromatic carbocycles. The molecule has 126 valence electrons. The number of pyridine rings is 1. The average Bonchev–Trinajstić information content (AvgIpc) is 2.56. The first kappa shape index (κ1) is 17.4. The van der Waals surface area contributed by atoms with Crippen LogP contribution in [-0.4, -0.2) is 57.9 Å². The van der Waals surface area contributed by atoms with Gasteiger partial charge in [-0.3, -0.25) is 14.7 Å². The predicted molar refractivity (Wildman–Crippen MR) is 87.1 cm³/mol. The van der Waals surface area contributed by atoms with Gasteiger partial charge in [0.05, 0.1) is 17.2 Å². The van der Waals surface area contributed by atoms with Crippen LogP contribution in [0, 0.1) is 5.92 Å². The SMILES string of the molecule is CCN(CC)C(=O)C1CCCN(Cc2ncccc2C(=O)O)C1. The van der Waals surface area contributed by atoms with Crippen LogP contribution in [0.5, 0.6) is 0 Å². The van der Waals surface area contributed by atoms with Gasteiger partial charge in [-0.15, -0.1) is 0 Å². The zero-order valence-corrected chi connectivity index (χ0v) is 13.9. The van der Waals surface area contributed by atoms with Crippen LogP contribution in [0.25, 0.3) is 0 Å². The molecule has 2 rings (SSSR count). The molecule has 0 radical (unpaired) electrons. The summed E-state index contributed by atoms with van der Waals surface area (Å²) < 4.78 is 0. The minimum Gasteiger partial charge on any atom is -0.478 e. The second-order valence-electron chi connectivity index (χ2n) is 5.89. The van der Waals surface area contributed by atoms with Crippen molar-refractivity contribution < 1.29 is 14.7 Å². The lowest BCUT2D eigenvalue weighted by atomic mass is 9.96. The van der Waals surface area contributed by atoms with Gasteiger partial charge in [0.1, 0.15) is 0 Å². The summed E-state index contributed by atoms with van der Waals surface area (Å²) in [6.07, 6.45) is 3.47. The van der Waals surface area contributed by atoms with E-state index < -0.39 is 5.97 Å². The van der Waals surface area contributed by atoms with Gasteiger partial charge in [-0.25, -0.2) is 4.79 Å². The molecule has 6 nitrogen and oxygen atoms in total. The minimum atomic E-state index is -0.958. The molecule has 1 aromatic rings. The molecular formula is C17H25N3O3. The van der Waals surface area contributed by atoms with Crippen molar-refractivity contribution in [3.63, 3.8) is 0 Å². The molecule has 1 saturated heterocycles. The lowest BCUT2D eigenvalue weighted by molar-refractivity contribution is -0.137. The third-order valence-electron chi connectivity index (χ3n) is 4.42. The Labute approximate surface area is 137 Å². The number of hydrogen-bond acceptors (Lipinski definition) is 4. The van der Waals surface area contributed by atoms with E-state index in [0.29, 0.717) is 18.8 Å². The van der Waals surface area contributed by atoms with E-state index in [-0.39, 0.29) is 17.4 Å². The van der Waals surface area contributed by atoms with Crippen molar-refractivity contribution >= 4 is 11.9 Å². The first-order valence-corrected chi connectivity index (χ1v) is 8.25. The van der Waals surface area contributed by atoms with E-state index in [1.54, 1.807) is 18.3 Å². The molecule has 6 heteroatoms. The highest BCUT2D eigenvalue weighted by Crippen LogP contribution is 2.21. The van der Waals surface area contributed by atoms with Gasteiger partial charge in [-0.1, -0.05) is 0 Å². The number of carboxylic acid groups (broad SMARTS) is 1. The normalized spacial score (nSPS) is 18.6. The van der Waals surface area contributed by atoms with Crippen molar-refractivity contribution in [2.24, 2.45) is 5.92 Å². The van der Waals surface area contributed by atoms with E-state index in [0.717, 1.165) is 32.5 Å². The first-order valence-electron chi connectivity index (χ1n) is 8.25. The van der Waals surface area contributed by atoms with E-state index in [1.165, 1.54) is 0 Å². The van der Waals surface area contributed by atoms with Crippen LogP contribution in [0.2, 0.25) is 0 Å². The first-order chi connectivity index (χ1) is 11.1. The van der Waals surface area contributed by atoms with E-state index in [4.69, 9.17) is 0 Å². The average molecular weight is 319 g/mol. The highest BCUT2D eigenvalue weighted by Gasteiger charge is 2.29. The van der Waals surface area contributed by atoms with Crippen LogP contribution in [0.4, 0.5) is 0 Å². The van der Waals surface area contributed by atoms with Crippen molar-refractivity contribution in [2.45, 2.75) is 33.2 Å². The van der Waals surface area contributed by atoms with E-state index >= 15 is 0 Å². The van der Waals surface area contributed by atoms with Crippen LogP contribution in [-0.2, 0) is 11.3 Å². The Kier molecular flexibility index (Phi) is 6.10. The van der Waals surface area contributed by atoms with E-state index in [1.807, 2.05) is 18.7 Å². The van der Waals surface area contributed by atoms with Crippen LogP contribution in [0.3, 0.4) is 0 Å². The van der Waals surface area contributed by atoms with Gasteiger partial charge in [0.25, 0.3) is 0 Å². The van der Waals surface area contributed by atoms with Gasteiger partial charge in [0.15, 0.2) is 0 Å². The molecule has 0 saturated carbocycles. The maximum atomic E-state index is 12.5. The maximum Gasteiger partial charge on any atom is 0.337 e. The van der Waals surface area contributed by atoms with E-state index in [9.17, 15) is 14.7 Å². The highest BCUT2D eigenvalue weighted by atomic mass is 16.4. The third kappa shape index (κ3) is 4.28. The molecule has 2 heterocycles. The number of rotatable bonds is 6. The zero-order valence-electron chi connectivity index (χ0n) is 13.9. The van der Waals surface area contributed by atoms with Gasteiger partial charge in [0, 0.05) is 32.4 Å². The molecule has 0 bridgehead atoms. The van der Waals surface area contributed by atoms with Crippen molar-refractivity contribution in [3.05, 3.63) is 29.6 Å². The summed E-state index contributed by atoms with van der Waals surface area (Å²) in [5.41, 5.74) is 0.806. The lowest BCUT2D eigenvalue weighted by Crippen LogP contribution is -2.44. The Bertz CT molecular complexity index is 558. The number of likely N-dealkylation sites (tertiary alicyclic amines) is 1. The molecule has 1 unspecified atom stereocenters. The number of carboxylic acids is 1. The maximum absolute atomic E-state index is 12.5. The Balaban J connectivity index is 2.05. The summed E-state index contributed by atoms with van der Waals surface area (Å²) in [5.74, 6) is -0.749. The standard InChI is InChI=1S/C17H25N3O3/c1-3-20(4-2)16(21)13-7-6-10-19(11-13)12-15-14(17(22)23)8-5-9-18-15/h5,8-9,13H,3-4,6-7,10-12H2,1-2H3,(H,22,23). The van der Waals surface area contributed by atoms with Gasteiger partial charge in [-0.2, -0.15) is 0 Å². The minimum absolute atomic E-state index is 0.000593. The lowest BCUT2D eigenvalue weighted by Gasteiger charge is -2.34. The highest BCUT2D eigenvalue weighted by molar-refractivity contribution is 5.88. The fourth-order valence-electron chi connectivity index (χ4n) is 3.16. The largest absolute Gasteiger partial charge is 0.478 e. The number of nitrogens with zero attached hydrogens (tertiary/aromatic N) is 3. The monoisotopic (exact) mass is 319 g/mol. The molecule has 1 aliphatic heterocycles. The number of hydrogen-bond donors (Lipinski definition) is 1. The molecule has 1 atom stereocenters. The van der Waals surface area contributed by atoms with Crippen molar-refractivity contribution in [3.8, 4) is 0 Å². The van der Waals surface area contributed by atoms with Gasteiger partial charge in [-0.05, 0) is 45.4 Å². The molecule has 1 aliphatic rings. The zero-order chi connectivity index (χ0) is 16.8. The number of piperidine rings is 1. The summed E-state index contributed by atoms with van der Waals surface area (Å²) in [6.45, 7) is 7.47. The molecular weight excluding hydrogens is 294 g/mol. The number of carbonyl (C=O) groups is 2. The van der Waals surface area contributed by atoms with Gasteiger partial charge < -0.3 is 10.0 Å². The summed E-state index contributed by atoms with van der Waals surface area (Å²) in [7, 11) is 0. The molecule has 1 aromatic heterocycles. The van der Waals surface area contributed by atoms with Crippen molar-refractivity contribution in [1.29, 1.82) is 0 Å². The number of amides is 1. The third-order valence-corrected chi connectivity index (χ3v) is 4.42. The van der Waals surface area contributed by atoms with E-state index in [2.05, 4.69) is 9.88 Å². The number of carbonyl (C=O) groups excluding carboxylic acids is 1. The number of aromatic nitrogens is 1. The van der Waals surface area contributed by atoms with Crippen LogP contribution in [0.15, 0.2) is 18.3 Å². The Morgan fingerprint density at radius 3 is 2.78 bits per heavy atom. The number of aromatic carboxylic acids is 1. The molecule has 0 aliphatic carbocycles. The fraction of sp³-hybridized carbons (Fsp3) is 0.588. The smallest absolute Gasteiger partial charge is 0.337 e. The van der Waals surface area contributed by atoms with Crippen LogP contribution >= 0.6 is 0 Å². The molecule has 1 amide bonds. The molecule has 1 fully saturated rings. The summed E-state index contributed by atoms with van der Waals surface area (Å²) in [6, 6.07) is 3.21. The Morgan fingerprint density at radius 1 is 1.39 bits per heavy atom. The molecule has 0 spiro atoms. The Morgan fingerprint density at radius 2 is 2.13 bits per heavy atom. The topological polar surface area (TPSA) is 73.7 Å². The fourth-order valence-corrected chi connectivity index (χ4v) is 3.16. The molecule has 1 N–H and O–H groups in total. The predicted octanol–water partition coefficient (Wildman–Crippen LogP) is 1.86. The van der Waals surface area contributed by atoms with Crippen molar-refractivity contribution in [1.82, 2.24) is 14.8 Å². The second kappa shape index (κ2) is 8.06. The second-order valence-corrected chi connectivity index (χ2v) is 5.89. The van der Waals surface area contributed by atoms with Gasteiger partial charge in [0.2, 0.25) is 5.91 Å². The summed E-state index contributed by atoms with van der Waals surface area (Å²) in [4.78, 5) is 32.0. The molecule has 23 heavy (non-hydrogen) atoms. The quantitative estimate of drug-likeness (QED) is 0.866. The van der Waals surface area contributed by atoms with Gasteiger partial charge >= 0.3 is 5.97 Å². The van der Waals surface area contributed by atoms with Crippen LogP contribution in [0.1, 0.15) is 42.7 Å². The van der Waals surface area contributed by atoms with Crippen LogP contribution < -0.4 is 0 Å².